The molecule has 4 heteroatoms. The van der Waals surface area contributed by atoms with Gasteiger partial charge in [0.1, 0.15) is 0 Å². The maximum absolute atomic E-state index is 12.8. The predicted molar refractivity (Wildman–Crippen MR) is 96.1 cm³/mol. The molecule has 4 nitrogen and oxygen atoms in total. The predicted octanol–water partition coefficient (Wildman–Crippen LogP) is 4.94. The highest BCUT2D eigenvalue weighted by Crippen LogP contribution is 2.22. The Balaban J connectivity index is 1.93. The Hall–Kier alpha value is -3.06. The molecule has 1 heterocycles. The first-order valence-corrected chi connectivity index (χ1v) is 8.14. The SMILES string of the molecule is CCCCc1cc2ccccc2n1C(=O)Nc1ccc(C#N)cc1. The summed E-state index contributed by atoms with van der Waals surface area (Å²) in [7, 11) is 0. The van der Waals surface area contributed by atoms with Gasteiger partial charge < -0.3 is 5.32 Å². The average molecular weight is 317 g/mol. The fourth-order valence-corrected chi connectivity index (χ4v) is 2.80. The number of nitrogens with zero attached hydrogens (tertiary/aromatic N) is 2. The molecule has 0 aliphatic rings. The Morgan fingerprint density at radius 1 is 1.17 bits per heavy atom. The Bertz CT molecular complexity index is 901. The number of rotatable bonds is 4. The Kier molecular flexibility index (Phi) is 4.62. The van der Waals surface area contributed by atoms with Crippen molar-refractivity contribution in [2.45, 2.75) is 26.2 Å². The second kappa shape index (κ2) is 7.01. The smallest absolute Gasteiger partial charge is 0.307 e. The highest BCUT2D eigenvalue weighted by Gasteiger charge is 2.14. The number of hydrogen-bond acceptors (Lipinski definition) is 2. The van der Waals surface area contributed by atoms with Gasteiger partial charge in [-0.3, -0.25) is 4.57 Å². The lowest BCUT2D eigenvalue weighted by atomic mass is 10.2. The van der Waals surface area contributed by atoms with Gasteiger partial charge in [0.15, 0.2) is 0 Å². The molecule has 0 aliphatic heterocycles. The summed E-state index contributed by atoms with van der Waals surface area (Å²) in [5.41, 5.74) is 3.18. The van der Waals surface area contributed by atoms with Gasteiger partial charge >= 0.3 is 6.03 Å². The van der Waals surface area contributed by atoms with Gasteiger partial charge in [-0.15, -0.1) is 0 Å². The van der Waals surface area contributed by atoms with E-state index in [0.717, 1.165) is 35.9 Å². The van der Waals surface area contributed by atoms with Crippen LogP contribution in [-0.2, 0) is 6.42 Å². The molecule has 3 rings (SSSR count). The van der Waals surface area contributed by atoms with Crippen molar-refractivity contribution >= 4 is 22.6 Å². The number of fused-ring (bicyclic) bond motifs is 1. The lowest BCUT2D eigenvalue weighted by Crippen LogP contribution is -2.21. The third-order valence-electron chi connectivity index (χ3n) is 4.04. The van der Waals surface area contributed by atoms with Crippen LogP contribution in [0.15, 0.2) is 54.6 Å². The number of unbranched alkanes of at least 4 members (excludes halogenated alkanes) is 1. The second-order valence-electron chi connectivity index (χ2n) is 5.75. The van der Waals surface area contributed by atoms with Crippen LogP contribution >= 0.6 is 0 Å². The first-order chi connectivity index (χ1) is 11.7. The van der Waals surface area contributed by atoms with E-state index in [2.05, 4.69) is 24.4 Å². The van der Waals surface area contributed by atoms with E-state index < -0.39 is 0 Å². The average Bonchev–Trinajstić information content (AvgIpc) is 2.99. The van der Waals surface area contributed by atoms with E-state index in [0.29, 0.717) is 11.3 Å². The van der Waals surface area contributed by atoms with Crippen LogP contribution in [0, 0.1) is 11.3 Å². The highest BCUT2D eigenvalue weighted by atomic mass is 16.2. The summed E-state index contributed by atoms with van der Waals surface area (Å²) in [6.45, 7) is 2.14. The van der Waals surface area contributed by atoms with Crippen LogP contribution in [0.25, 0.3) is 10.9 Å². The number of hydrogen-bond donors (Lipinski definition) is 1. The van der Waals surface area contributed by atoms with E-state index in [4.69, 9.17) is 5.26 Å². The van der Waals surface area contributed by atoms with E-state index in [-0.39, 0.29) is 6.03 Å². The minimum Gasteiger partial charge on any atom is -0.307 e. The van der Waals surface area contributed by atoms with Gasteiger partial charge in [0.25, 0.3) is 0 Å². The molecule has 2 aromatic carbocycles. The number of benzene rings is 2. The number of carbonyl (C=O) groups is 1. The number of amides is 1. The molecule has 24 heavy (non-hydrogen) atoms. The third kappa shape index (κ3) is 3.16. The maximum Gasteiger partial charge on any atom is 0.330 e. The Labute approximate surface area is 141 Å². The molecule has 1 aromatic heterocycles. The lowest BCUT2D eigenvalue weighted by Gasteiger charge is -2.11. The fourth-order valence-electron chi connectivity index (χ4n) is 2.80. The molecule has 0 unspecified atom stereocenters. The van der Waals surface area contributed by atoms with Crippen molar-refractivity contribution in [3.8, 4) is 6.07 Å². The molecule has 0 spiro atoms. The first-order valence-electron chi connectivity index (χ1n) is 8.14. The zero-order valence-electron chi connectivity index (χ0n) is 13.6. The number of anilines is 1. The summed E-state index contributed by atoms with van der Waals surface area (Å²) in [5, 5.41) is 12.8. The van der Waals surface area contributed by atoms with Crippen molar-refractivity contribution in [3.05, 3.63) is 65.9 Å². The number of carbonyl (C=O) groups excluding carboxylic acids is 1. The molecule has 0 saturated carbocycles. The summed E-state index contributed by atoms with van der Waals surface area (Å²) < 4.78 is 1.75. The van der Waals surface area contributed by atoms with E-state index in [1.807, 2.05) is 24.3 Å². The van der Waals surface area contributed by atoms with Gasteiger partial charge in [-0.1, -0.05) is 31.5 Å². The maximum atomic E-state index is 12.8. The standard InChI is InChI=1S/C20H19N3O/c1-2-3-7-18-13-16-6-4-5-8-19(16)23(18)20(24)22-17-11-9-15(14-21)10-12-17/h4-6,8-13H,2-3,7H2,1H3,(H,22,24). The molecule has 0 saturated heterocycles. The molecule has 0 atom stereocenters. The Morgan fingerprint density at radius 2 is 1.92 bits per heavy atom. The minimum absolute atomic E-state index is 0.174. The molecule has 120 valence electrons. The second-order valence-corrected chi connectivity index (χ2v) is 5.75. The molecule has 0 radical (unpaired) electrons. The van der Waals surface area contributed by atoms with Crippen molar-refractivity contribution < 1.29 is 4.79 Å². The van der Waals surface area contributed by atoms with Gasteiger partial charge in [-0.05, 0) is 49.2 Å². The number of aromatic nitrogens is 1. The molecule has 0 bridgehead atoms. The summed E-state index contributed by atoms with van der Waals surface area (Å²) in [6.07, 6.45) is 2.99. The van der Waals surface area contributed by atoms with Crippen molar-refractivity contribution in [1.29, 1.82) is 5.26 Å². The van der Waals surface area contributed by atoms with Gasteiger partial charge in [0.05, 0.1) is 17.1 Å². The topological polar surface area (TPSA) is 57.8 Å². The summed E-state index contributed by atoms with van der Waals surface area (Å²) in [4.78, 5) is 12.8. The third-order valence-corrected chi connectivity index (χ3v) is 4.04. The van der Waals surface area contributed by atoms with Crippen LogP contribution in [-0.4, -0.2) is 10.6 Å². The number of nitriles is 1. The van der Waals surface area contributed by atoms with Gasteiger partial charge in [0, 0.05) is 16.8 Å². The Morgan fingerprint density at radius 3 is 2.62 bits per heavy atom. The molecule has 1 N–H and O–H groups in total. The van der Waals surface area contributed by atoms with E-state index in [1.165, 1.54) is 0 Å². The summed E-state index contributed by atoms with van der Waals surface area (Å²) in [5.74, 6) is 0. The lowest BCUT2D eigenvalue weighted by molar-refractivity contribution is 0.253. The summed E-state index contributed by atoms with van der Waals surface area (Å²) in [6, 6.07) is 18.8. The van der Waals surface area contributed by atoms with Crippen molar-refractivity contribution in [3.63, 3.8) is 0 Å². The first kappa shape index (κ1) is 15.8. The van der Waals surface area contributed by atoms with Crippen molar-refractivity contribution in [2.24, 2.45) is 0 Å². The fraction of sp³-hybridized carbons (Fsp3) is 0.200. The minimum atomic E-state index is -0.174. The zero-order chi connectivity index (χ0) is 16.9. The molecule has 3 aromatic rings. The van der Waals surface area contributed by atoms with Crippen LogP contribution in [0.3, 0.4) is 0 Å². The van der Waals surface area contributed by atoms with Crippen LogP contribution in [0.2, 0.25) is 0 Å². The number of aryl methyl sites for hydroxylation is 1. The highest BCUT2D eigenvalue weighted by molar-refractivity contribution is 5.99. The van der Waals surface area contributed by atoms with Crippen molar-refractivity contribution in [2.75, 3.05) is 5.32 Å². The van der Waals surface area contributed by atoms with E-state index >= 15 is 0 Å². The van der Waals surface area contributed by atoms with Gasteiger partial charge in [-0.2, -0.15) is 5.26 Å². The van der Waals surface area contributed by atoms with Crippen LogP contribution in [0.4, 0.5) is 10.5 Å². The molecular formula is C20H19N3O. The van der Waals surface area contributed by atoms with Gasteiger partial charge in [0.2, 0.25) is 0 Å². The summed E-state index contributed by atoms with van der Waals surface area (Å²) >= 11 is 0. The van der Waals surface area contributed by atoms with Crippen molar-refractivity contribution in [1.82, 2.24) is 4.57 Å². The van der Waals surface area contributed by atoms with Crippen LogP contribution in [0.5, 0.6) is 0 Å². The molecule has 0 aliphatic carbocycles. The van der Waals surface area contributed by atoms with Gasteiger partial charge in [-0.25, -0.2) is 4.79 Å². The molecule has 1 amide bonds. The molecular weight excluding hydrogens is 298 g/mol. The largest absolute Gasteiger partial charge is 0.330 e. The van der Waals surface area contributed by atoms with Crippen LogP contribution in [0.1, 0.15) is 31.0 Å². The zero-order valence-corrected chi connectivity index (χ0v) is 13.6. The van der Waals surface area contributed by atoms with E-state index in [1.54, 1.807) is 28.8 Å². The van der Waals surface area contributed by atoms with Crippen LogP contribution < -0.4 is 5.32 Å². The normalized spacial score (nSPS) is 10.5. The monoisotopic (exact) mass is 317 g/mol. The molecule has 0 fully saturated rings. The quantitative estimate of drug-likeness (QED) is 0.741. The van der Waals surface area contributed by atoms with E-state index in [9.17, 15) is 4.79 Å². The number of para-hydroxylation sites is 1. The number of nitrogens with one attached hydrogen (secondary N) is 1.